The van der Waals surface area contributed by atoms with E-state index in [-0.39, 0.29) is 5.41 Å². The van der Waals surface area contributed by atoms with E-state index in [4.69, 9.17) is 9.97 Å². The predicted octanol–water partition coefficient (Wildman–Crippen LogP) is 11.2. The zero-order valence-corrected chi connectivity index (χ0v) is 25.3. The molecule has 9 rings (SSSR count). The van der Waals surface area contributed by atoms with Gasteiger partial charge < -0.3 is 0 Å². The van der Waals surface area contributed by atoms with E-state index in [0.717, 1.165) is 33.2 Å². The number of aromatic nitrogens is 2. The highest BCUT2D eigenvalue weighted by Gasteiger charge is 2.39. The number of pyridine rings is 2. The topological polar surface area (TPSA) is 25.8 Å². The lowest BCUT2D eigenvalue weighted by atomic mass is 9.77. The van der Waals surface area contributed by atoms with Crippen LogP contribution in [0.25, 0.3) is 77.2 Å². The van der Waals surface area contributed by atoms with Crippen LogP contribution < -0.4 is 0 Å². The minimum Gasteiger partial charge on any atom is -0.256 e. The largest absolute Gasteiger partial charge is 0.256 e. The summed E-state index contributed by atoms with van der Waals surface area (Å²) in [6.07, 6.45) is 1.98. The van der Waals surface area contributed by atoms with Crippen molar-refractivity contribution in [2.75, 3.05) is 0 Å². The molecule has 2 nitrogen and oxygen atoms in total. The van der Waals surface area contributed by atoms with Crippen molar-refractivity contribution in [3.05, 3.63) is 157 Å². The number of nitrogens with zero attached hydrogens (tertiary/aromatic N) is 2. The van der Waals surface area contributed by atoms with Crippen LogP contribution in [0.15, 0.2) is 146 Å². The van der Waals surface area contributed by atoms with Gasteiger partial charge in [0.1, 0.15) is 0 Å². The van der Waals surface area contributed by atoms with Crippen LogP contribution >= 0.6 is 0 Å². The summed E-state index contributed by atoms with van der Waals surface area (Å²) in [7, 11) is 0. The van der Waals surface area contributed by atoms with Crippen LogP contribution in [0.2, 0.25) is 0 Å². The zero-order chi connectivity index (χ0) is 30.1. The van der Waals surface area contributed by atoms with Crippen molar-refractivity contribution in [3.63, 3.8) is 0 Å². The normalized spacial score (nSPS) is 13.3. The quantitative estimate of drug-likeness (QED) is 0.196. The van der Waals surface area contributed by atoms with Crippen molar-refractivity contribution in [1.82, 2.24) is 9.97 Å². The fraction of sp³-hybridized carbons (Fsp3) is 0.0698. The summed E-state index contributed by atoms with van der Waals surface area (Å²) in [5.41, 5.74) is 14.0. The third kappa shape index (κ3) is 3.96. The molecule has 0 spiro atoms. The first-order valence-electron chi connectivity index (χ1n) is 15.6. The van der Waals surface area contributed by atoms with Crippen molar-refractivity contribution in [1.29, 1.82) is 0 Å². The van der Waals surface area contributed by atoms with Gasteiger partial charge in [-0.2, -0.15) is 0 Å². The molecule has 8 aromatic rings. The summed E-state index contributed by atoms with van der Waals surface area (Å²) in [5.74, 6) is 0. The molecule has 0 N–H and O–H groups in total. The number of hydrogen-bond acceptors (Lipinski definition) is 2. The minimum absolute atomic E-state index is 0.196. The summed E-state index contributed by atoms with van der Waals surface area (Å²) < 4.78 is 0. The second-order valence-corrected chi connectivity index (χ2v) is 12.6. The van der Waals surface area contributed by atoms with Crippen LogP contribution in [0.1, 0.15) is 25.0 Å². The lowest BCUT2D eigenvalue weighted by Gasteiger charge is -2.26. The van der Waals surface area contributed by atoms with E-state index in [1.807, 2.05) is 12.3 Å². The molecule has 0 amide bonds. The molecule has 2 heteroatoms. The molecular formula is C43H30N2. The highest BCUT2D eigenvalue weighted by Crippen LogP contribution is 2.54. The monoisotopic (exact) mass is 574 g/mol. The van der Waals surface area contributed by atoms with E-state index < -0.39 is 0 Å². The molecule has 0 aliphatic heterocycles. The van der Waals surface area contributed by atoms with E-state index in [1.54, 1.807) is 0 Å². The average Bonchev–Trinajstić information content (AvgIpc) is 3.33. The molecule has 2 heterocycles. The van der Waals surface area contributed by atoms with Gasteiger partial charge in [-0.15, -0.1) is 0 Å². The van der Waals surface area contributed by atoms with E-state index in [0.29, 0.717) is 0 Å². The second kappa shape index (κ2) is 9.70. The van der Waals surface area contributed by atoms with Crippen molar-refractivity contribution >= 4 is 32.6 Å². The van der Waals surface area contributed by atoms with Gasteiger partial charge in [-0.3, -0.25) is 4.98 Å². The number of para-hydroxylation sites is 1. The van der Waals surface area contributed by atoms with Crippen LogP contribution in [0.4, 0.5) is 0 Å². The third-order valence-electron chi connectivity index (χ3n) is 9.63. The number of rotatable bonds is 3. The van der Waals surface area contributed by atoms with Gasteiger partial charge in [0.2, 0.25) is 0 Å². The Hall–Kier alpha value is -5.60. The Balaban J connectivity index is 1.28. The predicted molar refractivity (Wildman–Crippen MR) is 188 cm³/mol. The van der Waals surface area contributed by atoms with Crippen molar-refractivity contribution < 1.29 is 0 Å². The Morgan fingerprint density at radius 1 is 0.511 bits per heavy atom. The molecular weight excluding hydrogens is 544 g/mol. The number of hydrogen-bond donors (Lipinski definition) is 0. The van der Waals surface area contributed by atoms with Gasteiger partial charge in [0.05, 0.1) is 16.7 Å². The second-order valence-electron chi connectivity index (χ2n) is 12.6. The van der Waals surface area contributed by atoms with Crippen molar-refractivity contribution in [2.24, 2.45) is 0 Å². The van der Waals surface area contributed by atoms with Crippen LogP contribution in [0.5, 0.6) is 0 Å². The molecule has 2 aromatic heterocycles. The summed E-state index contributed by atoms with van der Waals surface area (Å²) >= 11 is 0. The van der Waals surface area contributed by atoms with Crippen molar-refractivity contribution in [3.8, 4) is 44.6 Å². The molecule has 1 aliphatic rings. The maximum atomic E-state index is 5.37. The Kier molecular flexibility index (Phi) is 5.58. The van der Waals surface area contributed by atoms with Gasteiger partial charge in [0, 0.05) is 33.5 Å². The molecule has 1 aliphatic carbocycles. The maximum absolute atomic E-state index is 5.37. The molecule has 0 bridgehead atoms. The lowest BCUT2D eigenvalue weighted by Crippen LogP contribution is -2.16. The highest BCUT2D eigenvalue weighted by molar-refractivity contribution is 6.16. The molecule has 0 fully saturated rings. The van der Waals surface area contributed by atoms with Crippen molar-refractivity contribution in [2.45, 2.75) is 19.3 Å². The van der Waals surface area contributed by atoms with Crippen LogP contribution in [-0.4, -0.2) is 9.97 Å². The first-order valence-corrected chi connectivity index (χ1v) is 15.6. The molecule has 0 unspecified atom stereocenters. The Morgan fingerprint density at radius 2 is 1.18 bits per heavy atom. The lowest BCUT2D eigenvalue weighted by molar-refractivity contribution is 0.662. The molecule has 0 saturated carbocycles. The molecule has 0 atom stereocenters. The highest BCUT2D eigenvalue weighted by atomic mass is 14.7. The van der Waals surface area contributed by atoms with Gasteiger partial charge in [-0.1, -0.05) is 123 Å². The van der Waals surface area contributed by atoms with E-state index in [9.17, 15) is 0 Å². The molecule has 0 radical (unpaired) electrons. The Bertz CT molecular complexity index is 2470. The summed E-state index contributed by atoms with van der Waals surface area (Å²) in [5, 5.41) is 4.84. The Morgan fingerprint density at radius 3 is 2.02 bits per heavy atom. The molecule has 0 saturated heterocycles. The number of benzene rings is 6. The van der Waals surface area contributed by atoms with Gasteiger partial charge in [-0.25, -0.2) is 4.98 Å². The molecule has 6 aromatic carbocycles. The van der Waals surface area contributed by atoms with Crippen LogP contribution in [-0.2, 0) is 5.41 Å². The van der Waals surface area contributed by atoms with E-state index in [1.165, 1.54) is 55.1 Å². The van der Waals surface area contributed by atoms with Crippen LogP contribution in [0.3, 0.4) is 0 Å². The summed E-state index contributed by atoms with van der Waals surface area (Å²) in [6.45, 7) is 4.70. The average molecular weight is 575 g/mol. The van der Waals surface area contributed by atoms with Gasteiger partial charge in [0.15, 0.2) is 0 Å². The smallest absolute Gasteiger partial charge is 0.0759 e. The SMILES string of the molecule is CC1(C)c2ccccc2-c2nc3ccc4ccccc4c3c(-c3cccc(-c4cccc(-c5cnc6ccccc6c5)c4)c3)c21. The van der Waals surface area contributed by atoms with E-state index >= 15 is 0 Å². The van der Waals surface area contributed by atoms with E-state index in [2.05, 4.69) is 147 Å². The Labute approximate surface area is 262 Å². The first kappa shape index (κ1) is 25.9. The maximum Gasteiger partial charge on any atom is 0.0759 e. The van der Waals surface area contributed by atoms with Gasteiger partial charge in [-0.05, 0) is 80.0 Å². The minimum atomic E-state index is -0.196. The first-order chi connectivity index (χ1) is 22.1. The summed E-state index contributed by atoms with van der Waals surface area (Å²) in [4.78, 5) is 10.1. The number of fused-ring (bicyclic) bond motifs is 7. The zero-order valence-electron chi connectivity index (χ0n) is 25.3. The molecule has 212 valence electrons. The molecule has 45 heavy (non-hydrogen) atoms. The fourth-order valence-corrected chi connectivity index (χ4v) is 7.46. The fourth-order valence-electron chi connectivity index (χ4n) is 7.46. The van der Waals surface area contributed by atoms with Gasteiger partial charge >= 0.3 is 0 Å². The third-order valence-corrected chi connectivity index (χ3v) is 9.63. The van der Waals surface area contributed by atoms with Gasteiger partial charge in [0.25, 0.3) is 0 Å². The van der Waals surface area contributed by atoms with Crippen LogP contribution in [0, 0.1) is 0 Å². The standard InChI is InChI=1S/C43H30N2/c1-43(2)36-19-7-6-18-35(36)42-41(43)39(40-34-17-5-3-11-27(34)21-22-38(40)45-42)32-16-10-14-29(24-32)28-13-9-15-30(23-28)33-25-31-12-4-8-20-37(31)44-26-33/h3-26H,1-2H3. The summed E-state index contributed by atoms with van der Waals surface area (Å²) in [6, 6.07) is 50.3.